The van der Waals surface area contributed by atoms with E-state index in [2.05, 4.69) is 25.6 Å². The van der Waals surface area contributed by atoms with Crippen LogP contribution in [0.1, 0.15) is 52.5 Å². The van der Waals surface area contributed by atoms with Gasteiger partial charge in [0.15, 0.2) is 5.65 Å². The first kappa shape index (κ1) is 32.3. The van der Waals surface area contributed by atoms with E-state index in [0.717, 1.165) is 16.8 Å². The number of pyridine rings is 1. The number of methoxy groups -OCH3 is 1. The van der Waals surface area contributed by atoms with E-state index < -0.39 is 24.0 Å². The molecule has 6 rings (SSSR count). The minimum absolute atomic E-state index is 0.0847. The number of anilines is 2. The first-order valence-electron chi connectivity index (χ1n) is 15.3. The smallest absolute Gasteiger partial charge is 0.307 e. The van der Waals surface area contributed by atoms with Gasteiger partial charge >= 0.3 is 5.97 Å². The van der Waals surface area contributed by atoms with Crippen molar-refractivity contribution in [3.8, 4) is 22.9 Å². The maximum atomic E-state index is 13.5. The van der Waals surface area contributed by atoms with Crippen molar-refractivity contribution in [1.82, 2.24) is 24.8 Å². The van der Waals surface area contributed by atoms with Gasteiger partial charge in [-0.25, -0.2) is 19.3 Å². The number of aromatic nitrogens is 4. The van der Waals surface area contributed by atoms with E-state index in [0.29, 0.717) is 28.0 Å². The highest BCUT2D eigenvalue weighted by atomic mass is 19.1. The number of nitrogens with zero attached hydrogens (tertiary/aromatic N) is 5. The number of halogens is 1. The van der Waals surface area contributed by atoms with E-state index in [1.54, 1.807) is 19.1 Å². The standard InChI is InChI=1S/C37H31FN8O3/c1-22(24-12-14-27(38)15-13-24)44-37(48)29-16-23(18-39)19-41-35(29)45-31(17-32(47)49-2)26-10-8-25(9-11-26)30-20-46(28-6-4-3-5-7-28)36-33(30)34(40)42-21-43-36/h3-16,19-22,31H,17H2,1-2H3,(H,41,45)(H,44,48)(H2,40,42,43)/t22-,31+/m0/s1. The number of para-hydroxylation sites is 1. The summed E-state index contributed by atoms with van der Waals surface area (Å²) >= 11 is 0. The fraction of sp³-hybridized carbons (Fsp3) is 0.135. The number of ether oxygens (including phenoxy) is 1. The van der Waals surface area contributed by atoms with Crippen LogP contribution in [0.5, 0.6) is 0 Å². The molecule has 0 aliphatic heterocycles. The summed E-state index contributed by atoms with van der Waals surface area (Å²) in [6, 6.07) is 25.4. The second-order valence-electron chi connectivity index (χ2n) is 11.3. The Labute approximate surface area is 281 Å². The SMILES string of the molecule is COC(=O)C[C@@H](Nc1ncc(C#N)cc1C(=O)N[C@@H](C)c1ccc(F)cc1)c1ccc(-c2cn(-c3ccccc3)c3ncnc(N)c23)cc1. The van der Waals surface area contributed by atoms with Crippen molar-refractivity contribution in [2.75, 3.05) is 18.2 Å². The Morgan fingerprint density at radius 1 is 1.00 bits per heavy atom. The molecule has 244 valence electrons. The number of carbonyl (C=O) groups excluding carboxylic acids is 2. The number of amides is 1. The van der Waals surface area contributed by atoms with Gasteiger partial charge in [-0.05, 0) is 53.9 Å². The van der Waals surface area contributed by atoms with Crippen LogP contribution in [-0.2, 0) is 9.53 Å². The Bertz CT molecular complexity index is 2180. The van der Waals surface area contributed by atoms with Gasteiger partial charge in [0, 0.05) is 23.6 Å². The summed E-state index contributed by atoms with van der Waals surface area (Å²) in [5.41, 5.74) is 11.3. The van der Waals surface area contributed by atoms with E-state index in [4.69, 9.17) is 10.5 Å². The van der Waals surface area contributed by atoms with Crippen LogP contribution in [0.25, 0.3) is 27.8 Å². The van der Waals surface area contributed by atoms with Crippen LogP contribution in [0, 0.1) is 17.1 Å². The molecule has 6 aromatic rings. The average molecular weight is 655 g/mol. The second kappa shape index (κ2) is 14.0. The molecular formula is C37H31FN8O3. The minimum atomic E-state index is -0.665. The van der Waals surface area contributed by atoms with Gasteiger partial charge in [0.05, 0.1) is 42.1 Å². The van der Waals surface area contributed by atoms with Crippen molar-refractivity contribution in [1.29, 1.82) is 5.26 Å². The summed E-state index contributed by atoms with van der Waals surface area (Å²) in [5.74, 6) is -0.874. The lowest BCUT2D eigenvalue weighted by molar-refractivity contribution is -0.140. The Morgan fingerprint density at radius 3 is 2.41 bits per heavy atom. The zero-order valence-corrected chi connectivity index (χ0v) is 26.6. The Kier molecular flexibility index (Phi) is 9.25. The number of carbonyl (C=O) groups is 2. The molecule has 0 spiro atoms. The minimum Gasteiger partial charge on any atom is -0.469 e. The van der Waals surface area contributed by atoms with Crippen LogP contribution in [-0.4, -0.2) is 38.5 Å². The Morgan fingerprint density at radius 2 is 1.71 bits per heavy atom. The zero-order valence-electron chi connectivity index (χ0n) is 26.6. The van der Waals surface area contributed by atoms with E-state index in [-0.39, 0.29) is 29.2 Å². The van der Waals surface area contributed by atoms with Gasteiger partial charge in [-0.1, -0.05) is 54.6 Å². The predicted molar refractivity (Wildman–Crippen MR) is 183 cm³/mol. The number of nitrogens with two attached hydrogens (primary N) is 1. The Balaban J connectivity index is 1.33. The molecule has 12 heteroatoms. The molecule has 2 atom stereocenters. The summed E-state index contributed by atoms with van der Waals surface area (Å²) < 4.78 is 20.4. The van der Waals surface area contributed by atoms with Crippen molar-refractivity contribution in [3.05, 3.63) is 132 Å². The van der Waals surface area contributed by atoms with Crippen molar-refractivity contribution in [2.45, 2.75) is 25.4 Å². The summed E-state index contributed by atoms with van der Waals surface area (Å²) in [6.45, 7) is 1.76. The van der Waals surface area contributed by atoms with Crippen LogP contribution >= 0.6 is 0 Å². The molecule has 3 heterocycles. The number of esters is 1. The molecule has 0 fully saturated rings. The Hall–Kier alpha value is -6.61. The highest BCUT2D eigenvalue weighted by Crippen LogP contribution is 2.35. The fourth-order valence-corrected chi connectivity index (χ4v) is 5.57. The van der Waals surface area contributed by atoms with Crippen LogP contribution in [0.4, 0.5) is 16.0 Å². The molecular weight excluding hydrogens is 623 g/mol. The molecule has 0 aliphatic carbocycles. The quantitative estimate of drug-likeness (QED) is 0.144. The number of hydrogen-bond acceptors (Lipinski definition) is 9. The van der Waals surface area contributed by atoms with Gasteiger partial charge in [0.2, 0.25) is 0 Å². The number of benzene rings is 3. The molecule has 4 N–H and O–H groups in total. The average Bonchev–Trinajstić information content (AvgIpc) is 3.53. The van der Waals surface area contributed by atoms with E-state index >= 15 is 0 Å². The van der Waals surface area contributed by atoms with Crippen LogP contribution in [0.2, 0.25) is 0 Å². The molecule has 0 aliphatic rings. The van der Waals surface area contributed by atoms with Crippen LogP contribution < -0.4 is 16.4 Å². The molecule has 0 saturated carbocycles. The molecule has 0 bridgehead atoms. The highest BCUT2D eigenvalue weighted by Gasteiger charge is 2.23. The molecule has 3 aromatic carbocycles. The van der Waals surface area contributed by atoms with Crippen molar-refractivity contribution in [3.63, 3.8) is 0 Å². The largest absolute Gasteiger partial charge is 0.469 e. The third kappa shape index (κ3) is 6.91. The normalized spacial score (nSPS) is 12.1. The van der Waals surface area contributed by atoms with Crippen molar-refractivity contribution >= 4 is 34.5 Å². The van der Waals surface area contributed by atoms with Gasteiger partial charge in [-0.3, -0.25) is 9.59 Å². The van der Waals surface area contributed by atoms with Gasteiger partial charge in [0.1, 0.15) is 29.8 Å². The van der Waals surface area contributed by atoms with Gasteiger partial charge in [0.25, 0.3) is 5.91 Å². The lowest BCUT2D eigenvalue weighted by Gasteiger charge is -2.22. The number of rotatable bonds is 10. The lowest BCUT2D eigenvalue weighted by Crippen LogP contribution is -2.28. The van der Waals surface area contributed by atoms with Gasteiger partial charge in [-0.2, -0.15) is 5.26 Å². The number of nitrogen functional groups attached to an aromatic ring is 1. The maximum absolute atomic E-state index is 13.5. The van der Waals surface area contributed by atoms with E-state index in [9.17, 15) is 19.2 Å². The first-order valence-corrected chi connectivity index (χ1v) is 15.3. The summed E-state index contributed by atoms with van der Waals surface area (Å²) in [4.78, 5) is 39.2. The molecule has 1 amide bonds. The molecule has 0 unspecified atom stereocenters. The van der Waals surface area contributed by atoms with E-state index in [1.165, 1.54) is 37.8 Å². The molecule has 0 radical (unpaired) electrons. The number of hydrogen-bond donors (Lipinski definition) is 3. The lowest BCUT2D eigenvalue weighted by atomic mass is 9.98. The van der Waals surface area contributed by atoms with Gasteiger partial charge < -0.3 is 25.7 Å². The summed E-state index contributed by atoms with van der Waals surface area (Å²) in [5, 5.41) is 16.4. The third-order valence-electron chi connectivity index (χ3n) is 8.16. The van der Waals surface area contributed by atoms with Gasteiger partial charge in [-0.15, -0.1) is 0 Å². The third-order valence-corrected chi connectivity index (χ3v) is 8.16. The van der Waals surface area contributed by atoms with Crippen molar-refractivity contribution in [2.24, 2.45) is 0 Å². The monoisotopic (exact) mass is 654 g/mol. The van der Waals surface area contributed by atoms with Crippen LogP contribution in [0.3, 0.4) is 0 Å². The predicted octanol–water partition coefficient (Wildman–Crippen LogP) is 6.28. The van der Waals surface area contributed by atoms with Crippen molar-refractivity contribution < 1.29 is 18.7 Å². The fourth-order valence-electron chi connectivity index (χ4n) is 5.57. The molecule has 11 nitrogen and oxygen atoms in total. The van der Waals surface area contributed by atoms with Crippen LogP contribution in [0.15, 0.2) is 104 Å². The zero-order chi connectivity index (χ0) is 34.5. The highest BCUT2D eigenvalue weighted by molar-refractivity contribution is 6.01. The summed E-state index contributed by atoms with van der Waals surface area (Å²) in [7, 11) is 1.30. The molecule has 0 saturated heterocycles. The number of nitriles is 1. The molecule has 49 heavy (non-hydrogen) atoms. The number of nitrogens with one attached hydrogen (secondary N) is 2. The number of fused-ring (bicyclic) bond motifs is 1. The summed E-state index contributed by atoms with van der Waals surface area (Å²) in [6.07, 6.45) is 4.65. The molecule has 3 aromatic heterocycles. The second-order valence-corrected chi connectivity index (χ2v) is 11.3. The first-order chi connectivity index (χ1) is 23.7. The van der Waals surface area contributed by atoms with E-state index in [1.807, 2.05) is 71.4 Å². The topological polar surface area (TPSA) is 161 Å². The maximum Gasteiger partial charge on any atom is 0.307 e.